The number of allylic oxidation sites excluding steroid dienone is 1. The van der Waals surface area contributed by atoms with Crippen LogP contribution in [-0.4, -0.2) is 17.5 Å². The summed E-state index contributed by atoms with van der Waals surface area (Å²) in [5.74, 6) is 0.775. The molecule has 0 radical (unpaired) electrons. The van der Waals surface area contributed by atoms with Crippen molar-refractivity contribution in [3.8, 4) is 5.75 Å². The first-order valence-corrected chi connectivity index (χ1v) is 9.74. The molecular weight excluding hydrogens is 358 g/mol. The number of ether oxygens (including phenoxy) is 1. The Morgan fingerprint density at radius 2 is 1.66 bits per heavy atom. The van der Waals surface area contributed by atoms with Crippen molar-refractivity contribution in [1.82, 2.24) is 4.57 Å². The Bertz CT molecular complexity index is 1140. The average Bonchev–Trinajstić information content (AvgIpc) is 3.16. The van der Waals surface area contributed by atoms with E-state index >= 15 is 0 Å². The monoisotopic (exact) mass is 381 g/mol. The van der Waals surface area contributed by atoms with Crippen LogP contribution < -0.4 is 4.74 Å². The van der Waals surface area contributed by atoms with Gasteiger partial charge in [0.15, 0.2) is 5.78 Å². The smallest absolute Gasteiger partial charge is 0.195 e. The molecule has 0 unspecified atom stereocenters. The van der Waals surface area contributed by atoms with Crippen LogP contribution in [0.25, 0.3) is 17.0 Å². The van der Waals surface area contributed by atoms with E-state index in [9.17, 15) is 4.79 Å². The van der Waals surface area contributed by atoms with E-state index in [1.54, 1.807) is 7.11 Å². The lowest BCUT2D eigenvalue weighted by molar-refractivity contribution is 0.104. The van der Waals surface area contributed by atoms with Crippen molar-refractivity contribution in [3.63, 3.8) is 0 Å². The molecule has 0 N–H and O–H groups in total. The van der Waals surface area contributed by atoms with Crippen LogP contribution in [0.5, 0.6) is 5.75 Å². The number of fused-ring (bicyclic) bond motifs is 1. The Morgan fingerprint density at radius 3 is 2.41 bits per heavy atom. The Labute approximate surface area is 170 Å². The van der Waals surface area contributed by atoms with Crippen LogP contribution in [0.4, 0.5) is 0 Å². The molecule has 0 aliphatic heterocycles. The number of rotatable bonds is 7. The number of hydrogen-bond acceptors (Lipinski definition) is 2. The Morgan fingerprint density at radius 1 is 0.931 bits per heavy atom. The second-order valence-corrected chi connectivity index (χ2v) is 6.91. The topological polar surface area (TPSA) is 31.2 Å². The molecule has 144 valence electrons. The van der Waals surface area contributed by atoms with E-state index in [2.05, 4.69) is 34.9 Å². The van der Waals surface area contributed by atoms with Crippen LogP contribution in [0.2, 0.25) is 0 Å². The number of benzene rings is 3. The lowest BCUT2D eigenvalue weighted by atomic mass is 10.0. The second-order valence-electron chi connectivity index (χ2n) is 6.91. The predicted octanol–water partition coefficient (Wildman–Crippen LogP) is 5.98. The third kappa shape index (κ3) is 4.14. The summed E-state index contributed by atoms with van der Waals surface area (Å²) in [5, 5.41) is 0.986. The zero-order valence-electron chi connectivity index (χ0n) is 16.4. The van der Waals surface area contributed by atoms with Gasteiger partial charge in [0, 0.05) is 34.8 Å². The molecule has 4 rings (SSSR count). The van der Waals surface area contributed by atoms with Gasteiger partial charge in [-0.15, -0.1) is 0 Å². The molecular formula is C26H23NO2. The average molecular weight is 381 g/mol. The normalized spacial score (nSPS) is 11.2. The van der Waals surface area contributed by atoms with Crippen molar-refractivity contribution in [3.05, 3.63) is 108 Å². The van der Waals surface area contributed by atoms with E-state index in [1.807, 2.05) is 66.9 Å². The summed E-state index contributed by atoms with van der Waals surface area (Å²) < 4.78 is 7.36. The minimum absolute atomic E-state index is 0.0300. The van der Waals surface area contributed by atoms with E-state index in [4.69, 9.17) is 4.74 Å². The first-order chi connectivity index (χ1) is 14.3. The lowest BCUT2D eigenvalue weighted by Gasteiger charge is -2.02. The molecule has 0 spiro atoms. The maximum absolute atomic E-state index is 13.1. The summed E-state index contributed by atoms with van der Waals surface area (Å²) in [4.78, 5) is 13.1. The molecule has 0 bridgehead atoms. The molecule has 0 amide bonds. The maximum Gasteiger partial charge on any atom is 0.195 e. The summed E-state index contributed by atoms with van der Waals surface area (Å²) >= 11 is 0. The van der Waals surface area contributed by atoms with Crippen molar-refractivity contribution in [2.45, 2.75) is 13.0 Å². The highest BCUT2D eigenvalue weighted by molar-refractivity contribution is 6.16. The first kappa shape index (κ1) is 18.8. The van der Waals surface area contributed by atoms with Crippen molar-refractivity contribution < 1.29 is 9.53 Å². The largest absolute Gasteiger partial charge is 0.497 e. The number of aromatic nitrogens is 1. The van der Waals surface area contributed by atoms with Gasteiger partial charge in [-0.1, -0.05) is 60.7 Å². The molecule has 3 aromatic carbocycles. The fourth-order valence-corrected chi connectivity index (χ4v) is 3.51. The van der Waals surface area contributed by atoms with Gasteiger partial charge in [0.1, 0.15) is 5.75 Å². The highest BCUT2D eigenvalue weighted by Crippen LogP contribution is 2.25. The number of ketones is 1. The van der Waals surface area contributed by atoms with Gasteiger partial charge in [-0.3, -0.25) is 4.79 Å². The highest BCUT2D eigenvalue weighted by atomic mass is 16.5. The fraction of sp³-hybridized carbons (Fsp3) is 0.115. The summed E-state index contributed by atoms with van der Waals surface area (Å²) in [6.07, 6.45) is 7.18. The van der Waals surface area contributed by atoms with Crippen molar-refractivity contribution >= 4 is 22.8 Å². The minimum atomic E-state index is 0.0300. The molecule has 0 saturated heterocycles. The second kappa shape index (κ2) is 8.61. The van der Waals surface area contributed by atoms with Crippen LogP contribution in [0.15, 0.2) is 91.1 Å². The first-order valence-electron chi connectivity index (χ1n) is 9.74. The molecule has 3 nitrogen and oxygen atoms in total. The quantitative estimate of drug-likeness (QED) is 0.369. The zero-order valence-corrected chi connectivity index (χ0v) is 16.4. The van der Waals surface area contributed by atoms with E-state index < -0.39 is 0 Å². The standard InChI is InChI=1S/C26H23NO2/c1-29-22-16-14-21(15-17-22)26(28)24-19-27(25-13-6-5-12-23(24)25)18-8-7-11-20-9-3-2-4-10-20/h2-7,9-17,19H,8,18H2,1H3/b11-7-. The molecule has 0 fully saturated rings. The van der Waals surface area contributed by atoms with Crippen molar-refractivity contribution in [2.75, 3.05) is 7.11 Å². The van der Waals surface area contributed by atoms with Gasteiger partial charge < -0.3 is 9.30 Å². The predicted molar refractivity (Wildman–Crippen MR) is 118 cm³/mol. The number of nitrogens with zero attached hydrogens (tertiary/aromatic N) is 1. The lowest BCUT2D eigenvalue weighted by Crippen LogP contribution is -2.01. The van der Waals surface area contributed by atoms with Gasteiger partial charge in [-0.05, 0) is 42.3 Å². The van der Waals surface area contributed by atoms with Crippen molar-refractivity contribution in [1.29, 1.82) is 0 Å². The fourth-order valence-electron chi connectivity index (χ4n) is 3.51. The molecule has 0 aliphatic carbocycles. The molecule has 0 atom stereocenters. The van der Waals surface area contributed by atoms with E-state index in [0.29, 0.717) is 5.56 Å². The van der Waals surface area contributed by atoms with Crippen LogP contribution in [0.3, 0.4) is 0 Å². The van der Waals surface area contributed by atoms with Crippen LogP contribution >= 0.6 is 0 Å². The SMILES string of the molecule is COc1ccc(C(=O)c2cn(CC/C=C\c3ccccc3)c3ccccc23)cc1. The molecule has 4 aromatic rings. The molecule has 1 aromatic heterocycles. The van der Waals surface area contributed by atoms with Crippen LogP contribution in [0.1, 0.15) is 27.9 Å². The van der Waals surface area contributed by atoms with Gasteiger partial charge in [0.25, 0.3) is 0 Å². The molecule has 0 saturated carbocycles. The van der Waals surface area contributed by atoms with Crippen molar-refractivity contribution in [2.24, 2.45) is 0 Å². The Kier molecular flexibility index (Phi) is 5.57. The van der Waals surface area contributed by atoms with E-state index in [1.165, 1.54) is 5.56 Å². The number of carbonyl (C=O) groups is 1. The maximum atomic E-state index is 13.1. The number of aryl methyl sites for hydroxylation is 1. The highest BCUT2D eigenvalue weighted by Gasteiger charge is 2.16. The van der Waals surface area contributed by atoms with Gasteiger partial charge >= 0.3 is 0 Å². The summed E-state index contributed by atoms with van der Waals surface area (Å²) in [5.41, 5.74) is 3.67. The van der Waals surface area contributed by atoms with Gasteiger partial charge in [0.05, 0.1) is 7.11 Å². The van der Waals surface area contributed by atoms with Crippen LogP contribution in [-0.2, 0) is 6.54 Å². The number of para-hydroxylation sites is 1. The molecule has 3 heteroatoms. The van der Waals surface area contributed by atoms with Gasteiger partial charge in [-0.25, -0.2) is 0 Å². The van der Waals surface area contributed by atoms with Gasteiger partial charge in [-0.2, -0.15) is 0 Å². The van der Waals surface area contributed by atoms with E-state index in [-0.39, 0.29) is 5.78 Å². The Balaban J connectivity index is 1.57. The van der Waals surface area contributed by atoms with Crippen LogP contribution in [0, 0.1) is 0 Å². The minimum Gasteiger partial charge on any atom is -0.497 e. The number of hydrogen-bond donors (Lipinski definition) is 0. The molecule has 1 heterocycles. The summed E-state index contributed by atoms with van der Waals surface area (Å²) in [6, 6.07) is 25.6. The summed E-state index contributed by atoms with van der Waals surface area (Å²) in [7, 11) is 1.62. The zero-order chi connectivity index (χ0) is 20.1. The Hall–Kier alpha value is -3.59. The number of methoxy groups -OCH3 is 1. The third-order valence-electron chi connectivity index (χ3n) is 5.03. The van der Waals surface area contributed by atoms with Gasteiger partial charge in [0.2, 0.25) is 0 Å². The molecule has 29 heavy (non-hydrogen) atoms. The summed E-state index contributed by atoms with van der Waals surface area (Å²) in [6.45, 7) is 0.819. The molecule has 0 aliphatic rings. The number of carbonyl (C=O) groups excluding carboxylic acids is 1. The third-order valence-corrected chi connectivity index (χ3v) is 5.03. The van der Waals surface area contributed by atoms with E-state index in [0.717, 1.165) is 35.2 Å².